The first-order chi connectivity index (χ1) is 6.63. The predicted octanol–water partition coefficient (Wildman–Crippen LogP) is 4.83. The monoisotopic (exact) mass is 378 g/mol. The molecule has 0 saturated carbocycles. The van der Waals surface area contributed by atoms with Crippen molar-refractivity contribution in [1.29, 1.82) is 0 Å². The third-order valence-corrected chi connectivity index (χ3v) is 4.94. The lowest BCUT2D eigenvalue weighted by atomic mass is 10.1. The van der Waals surface area contributed by atoms with Gasteiger partial charge < -0.3 is 5.11 Å². The molecular weight excluding hydrogens is 376 g/mol. The van der Waals surface area contributed by atoms with Crippen molar-refractivity contribution in [1.82, 2.24) is 0 Å². The SMILES string of the molecule is Oc1c(Br)c(Br)c2ccccc2c1Br. The van der Waals surface area contributed by atoms with E-state index in [0.717, 1.165) is 15.2 Å². The van der Waals surface area contributed by atoms with Crippen molar-refractivity contribution in [3.8, 4) is 5.75 Å². The minimum atomic E-state index is 0.218. The minimum Gasteiger partial charge on any atom is -0.506 e. The van der Waals surface area contributed by atoms with Crippen molar-refractivity contribution in [3.05, 3.63) is 37.7 Å². The number of aromatic hydroxyl groups is 1. The molecule has 0 fully saturated rings. The fraction of sp³-hybridized carbons (Fsp3) is 0. The summed E-state index contributed by atoms with van der Waals surface area (Å²) in [6.45, 7) is 0. The van der Waals surface area contributed by atoms with E-state index in [0.29, 0.717) is 8.95 Å². The third-order valence-electron chi connectivity index (χ3n) is 2.01. The lowest BCUT2D eigenvalue weighted by Gasteiger charge is -2.08. The number of hydrogen-bond donors (Lipinski definition) is 1. The summed E-state index contributed by atoms with van der Waals surface area (Å²) in [5.41, 5.74) is 0. The number of benzene rings is 2. The Hall–Kier alpha value is -0.0600. The molecule has 2 aromatic rings. The van der Waals surface area contributed by atoms with Crippen LogP contribution < -0.4 is 0 Å². The maximum Gasteiger partial charge on any atom is 0.145 e. The Morgan fingerprint density at radius 3 is 1.86 bits per heavy atom. The normalized spacial score (nSPS) is 10.8. The first-order valence-corrected chi connectivity index (χ1v) is 6.25. The van der Waals surface area contributed by atoms with E-state index in [1.54, 1.807) is 0 Å². The van der Waals surface area contributed by atoms with Crippen molar-refractivity contribution in [2.75, 3.05) is 0 Å². The Morgan fingerprint density at radius 1 is 0.786 bits per heavy atom. The van der Waals surface area contributed by atoms with Gasteiger partial charge in [0, 0.05) is 9.86 Å². The highest BCUT2D eigenvalue weighted by Crippen LogP contribution is 2.44. The van der Waals surface area contributed by atoms with E-state index in [1.165, 1.54) is 0 Å². The van der Waals surface area contributed by atoms with E-state index in [4.69, 9.17) is 0 Å². The van der Waals surface area contributed by atoms with Crippen LogP contribution in [0.25, 0.3) is 10.8 Å². The van der Waals surface area contributed by atoms with Crippen LogP contribution in [0.15, 0.2) is 37.7 Å². The van der Waals surface area contributed by atoms with Gasteiger partial charge in [0.25, 0.3) is 0 Å². The van der Waals surface area contributed by atoms with Crippen LogP contribution in [0.3, 0.4) is 0 Å². The summed E-state index contributed by atoms with van der Waals surface area (Å²) in [6.07, 6.45) is 0. The molecule has 0 aromatic heterocycles. The molecule has 4 heteroatoms. The maximum atomic E-state index is 9.76. The molecule has 0 aliphatic heterocycles. The van der Waals surface area contributed by atoms with Crippen LogP contribution in [-0.2, 0) is 0 Å². The summed E-state index contributed by atoms with van der Waals surface area (Å²) in [6, 6.07) is 7.85. The highest BCUT2D eigenvalue weighted by molar-refractivity contribution is 9.13. The molecule has 0 aliphatic rings. The highest BCUT2D eigenvalue weighted by atomic mass is 79.9. The van der Waals surface area contributed by atoms with Crippen LogP contribution in [0.1, 0.15) is 0 Å². The molecule has 2 rings (SSSR count). The molecule has 2 aromatic carbocycles. The van der Waals surface area contributed by atoms with Crippen molar-refractivity contribution in [2.24, 2.45) is 0 Å². The smallest absolute Gasteiger partial charge is 0.145 e. The zero-order valence-corrected chi connectivity index (χ0v) is 11.6. The van der Waals surface area contributed by atoms with Crippen LogP contribution in [-0.4, -0.2) is 5.11 Å². The van der Waals surface area contributed by atoms with Gasteiger partial charge in [0.05, 0.1) is 8.95 Å². The van der Waals surface area contributed by atoms with E-state index in [1.807, 2.05) is 24.3 Å². The van der Waals surface area contributed by atoms with Gasteiger partial charge >= 0.3 is 0 Å². The molecule has 1 nitrogen and oxygen atoms in total. The van der Waals surface area contributed by atoms with Gasteiger partial charge in [0.2, 0.25) is 0 Å². The van der Waals surface area contributed by atoms with Crippen LogP contribution >= 0.6 is 47.8 Å². The first-order valence-electron chi connectivity index (χ1n) is 3.87. The minimum absolute atomic E-state index is 0.218. The van der Waals surface area contributed by atoms with Crippen molar-refractivity contribution < 1.29 is 5.11 Å². The quantitative estimate of drug-likeness (QED) is 0.649. The van der Waals surface area contributed by atoms with Gasteiger partial charge in [0.1, 0.15) is 5.75 Å². The average molecular weight is 381 g/mol. The molecule has 0 amide bonds. The number of halogens is 3. The first kappa shape index (κ1) is 10.5. The van der Waals surface area contributed by atoms with Gasteiger partial charge in [-0.05, 0) is 53.2 Å². The van der Waals surface area contributed by atoms with Crippen LogP contribution in [0.2, 0.25) is 0 Å². The molecule has 0 spiro atoms. The second kappa shape index (κ2) is 3.83. The molecular formula is C10H5Br3O. The predicted molar refractivity (Wildman–Crippen MR) is 68.7 cm³/mol. The Kier molecular flexibility index (Phi) is 2.86. The summed E-state index contributed by atoms with van der Waals surface area (Å²) in [5, 5.41) is 11.8. The number of fused-ring (bicyclic) bond motifs is 1. The molecule has 0 bridgehead atoms. The largest absolute Gasteiger partial charge is 0.506 e. The fourth-order valence-electron chi connectivity index (χ4n) is 1.31. The summed E-state index contributed by atoms with van der Waals surface area (Å²) >= 11 is 10.1. The lowest BCUT2D eigenvalue weighted by molar-refractivity contribution is 0.469. The van der Waals surface area contributed by atoms with Crippen LogP contribution in [0.5, 0.6) is 5.75 Å². The Bertz CT molecular complexity index is 462. The Labute approximate surface area is 107 Å². The maximum absolute atomic E-state index is 9.76. The molecule has 0 aliphatic carbocycles. The summed E-state index contributed by atoms with van der Waals surface area (Å²) in [4.78, 5) is 0. The van der Waals surface area contributed by atoms with E-state index in [2.05, 4.69) is 47.8 Å². The molecule has 72 valence electrons. The third kappa shape index (κ3) is 1.49. The van der Waals surface area contributed by atoms with E-state index >= 15 is 0 Å². The molecule has 0 unspecified atom stereocenters. The molecule has 0 radical (unpaired) electrons. The zero-order valence-electron chi connectivity index (χ0n) is 6.89. The van der Waals surface area contributed by atoms with Crippen molar-refractivity contribution >= 4 is 58.6 Å². The lowest BCUT2D eigenvalue weighted by Crippen LogP contribution is -1.80. The van der Waals surface area contributed by atoms with Crippen LogP contribution in [0.4, 0.5) is 0 Å². The average Bonchev–Trinajstić information content (AvgIpc) is 2.23. The number of phenols is 1. The van der Waals surface area contributed by atoms with E-state index < -0.39 is 0 Å². The van der Waals surface area contributed by atoms with E-state index in [9.17, 15) is 5.11 Å². The van der Waals surface area contributed by atoms with Gasteiger partial charge in [-0.25, -0.2) is 0 Å². The topological polar surface area (TPSA) is 20.2 Å². The van der Waals surface area contributed by atoms with Crippen LogP contribution in [0, 0.1) is 0 Å². The standard InChI is InChI=1S/C10H5Br3O/c11-7-5-3-1-2-4-6(5)8(12)10(14)9(7)13/h1-4,14H. The highest BCUT2D eigenvalue weighted by Gasteiger charge is 2.13. The number of hydrogen-bond acceptors (Lipinski definition) is 1. The molecule has 0 saturated heterocycles. The number of phenolic OH excluding ortho intramolecular Hbond substituents is 1. The van der Waals surface area contributed by atoms with Crippen molar-refractivity contribution in [3.63, 3.8) is 0 Å². The van der Waals surface area contributed by atoms with Gasteiger partial charge in [-0.2, -0.15) is 0 Å². The van der Waals surface area contributed by atoms with E-state index in [-0.39, 0.29) is 5.75 Å². The van der Waals surface area contributed by atoms with Gasteiger partial charge in [-0.15, -0.1) is 0 Å². The van der Waals surface area contributed by atoms with Gasteiger partial charge in [-0.3, -0.25) is 0 Å². The summed E-state index contributed by atoms with van der Waals surface area (Å²) in [7, 11) is 0. The molecule has 1 N–H and O–H groups in total. The van der Waals surface area contributed by atoms with Gasteiger partial charge in [0.15, 0.2) is 0 Å². The summed E-state index contributed by atoms with van der Waals surface area (Å²) in [5.74, 6) is 0.218. The zero-order chi connectivity index (χ0) is 10.3. The Morgan fingerprint density at radius 2 is 1.29 bits per heavy atom. The molecule has 0 atom stereocenters. The second-order valence-corrected chi connectivity index (χ2v) is 5.22. The fourth-order valence-corrected chi connectivity index (χ4v) is 3.07. The number of rotatable bonds is 0. The second-order valence-electron chi connectivity index (χ2n) is 2.84. The van der Waals surface area contributed by atoms with Crippen molar-refractivity contribution in [2.45, 2.75) is 0 Å². The van der Waals surface area contributed by atoms with Gasteiger partial charge in [-0.1, -0.05) is 24.3 Å². The summed E-state index contributed by atoms with van der Waals surface area (Å²) < 4.78 is 2.25. The molecule has 14 heavy (non-hydrogen) atoms. The Balaban J connectivity index is 3.02. The molecule has 0 heterocycles.